The maximum absolute atomic E-state index is 11.3. The van der Waals surface area contributed by atoms with Crippen molar-refractivity contribution in [3.05, 3.63) is 51.0 Å². The Morgan fingerprint density at radius 3 is 2.37 bits per heavy atom. The molecule has 3 rings (SSSR count). The fourth-order valence-corrected chi connectivity index (χ4v) is 3.24. The Labute approximate surface area is 125 Å². The monoisotopic (exact) mass is 311 g/mol. The maximum atomic E-state index is 11.3. The Morgan fingerprint density at radius 2 is 1.68 bits per heavy atom. The van der Waals surface area contributed by atoms with Crippen molar-refractivity contribution in [1.29, 1.82) is 0 Å². The van der Waals surface area contributed by atoms with Gasteiger partial charge in [0.2, 0.25) is 5.91 Å². The third-order valence-corrected chi connectivity index (χ3v) is 3.84. The summed E-state index contributed by atoms with van der Waals surface area (Å²) in [5, 5.41) is 4.28. The first-order valence-corrected chi connectivity index (χ1v) is 6.75. The number of amides is 1. The number of nitrogens with one attached hydrogen (secondary N) is 1. The summed E-state index contributed by atoms with van der Waals surface area (Å²) < 4.78 is 0. The second kappa shape index (κ2) is 4.71. The van der Waals surface area contributed by atoms with Gasteiger partial charge in [-0.25, -0.2) is 0 Å². The van der Waals surface area contributed by atoms with Crippen molar-refractivity contribution in [2.75, 3.05) is 5.32 Å². The lowest BCUT2D eigenvalue weighted by molar-refractivity contribution is -0.115. The number of carbonyl (C=O) groups is 1. The number of benzene rings is 2. The number of halogens is 3. The molecule has 1 heterocycles. The van der Waals surface area contributed by atoms with Gasteiger partial charge in [-0.2, -0.15) is 0 Å². The second-order valence-electron chi connectivity index (χ2n) is 4.34. The zero-order chi connectivity index (χ0) is 13.6. The van der Waals surface area contributed by atoms with Crippen LogP contribution in [0, 0.1) is 0 Å². The zero-order valence-corrected chi connectivity index (χ0v) is 11.9. The van der Waals surface area contributed by atoms with Crippen molar-refractivity contribution >= 4 is 46.4 Å². The van der Waals surface area contributed by atoms with Crippen LogP contribution in [0.1, 0.15) is 5.56 Å². The molecule has 5 heteroatoms. The van der Waals surface area contributed by atoms with E-state index < -0.39 is 0 Å². The molecule has 0 atom stereocenters. The molecule has 0 fully saturated rings. The molecular weight excluding hydrogens is 305 g/mol. The first-order chi connectivity index (χ1) is 9.04. The van der Waals surface area contributed by atoms with Crippen LogP contribution in [0.3, 0.4) is 0 Å². The molecule has 19 heavy (non-hydrogen) atoms. The molecular formula is C14H8Cl3NO. The van der Waals surface area contributed by atoms with Gasteiger partial charge in [0.1, 0.15) is 0 Å². The summed E-state index contributed by atoms with van der Waals surface area (Å²) in [4.78, 5) is 11.3. The van der Waals surface area contributed by atoms with Crippen LogP contribution in [-0.2, 0) is 11.2 Å². The predicted octanol–water partition coefficient (Wildman–Crippen LogP) is 4.81. The molecule has 0 unspecified atom stereocenters. The number of hydrogen-bond donors (Lipinski definition) is 1. The number of anilines is 1. The summed E-state index contributed by atoms with van der Waals surface area (Å²) in [5.74, 6) is 0.000417. The van der Waals surface area contributed by atoms with E-state index in [1.807, 2.05) is 18.2 Å². The average molecular weight is 313 g/mol. The molecule has 2 aromatic carbocycles. The largest absolute Gasteiger partial charge is 0.326 e. The first kappa shape index (κ1) is 12.8. The molecule has 1 amide bonds. The lowest BCUT2D eigenvalue weighted by Crippen LogP contribution is -2.03. The molecule has 96 valence electrons. The van der Waals surface area contributed by atoms with E-state index in [1.54, 1.807) is 12.1 Å². The second-order valence-corrected chi connectivity index (χ2v) is 5.59. The number of rotatable bonds is 1. The number of fused-ring (bicyclic) bond motifs is 1. The molecule has 0 spiro atoms. The third kappa shape index (κ3) is 2.32. The topological polar surface area (TPSA) is 29.1 Å². The van der Waals surface area contributed by atoms with Gasteiger partial charge in [-0.15, -0.1) is 0 Å². The van der Waals surface area contributed by atoms with Gasteiger partial charge < -0.3 is 5.32 Å². The van der Waals surface area contributed by atoms with Crippen LogP contribution in [0.2, 0.25) is 15.1 Å². The maximum Gasteiger partial charge on any atom is 0.228 e. The van der Waals surface area contributed by atoms with E-state index >= 15 is 0 Å². The minimum atomic E-state index is 0.000417. The summed E-state index contributed by atoms with van der Waals surface area (Å²) in [6.07, 6.45) is 0.381. The SMILES string of the molecule is O=C1Cc2cc(-c3c(Cl)cc(Cl)cc3Cl)ccc2N1. The number of carbonyl (C=O) groups excluding carboxylic acids is 1. The molecule has 0 radical (unpaired) electrons. The summed E-state index contributed by atoms with van der Waals surface area (Å²) in [5.41, 5.74) is 3.40. The highest BCUT2D eigenvalue weighted by molar-refractivity contribution is 6.41. The van der Waals surface area contributed by atoms with E-state index in [-0.39, 0.29) is 5.91 Å². The van der Waals surface area contributed by atoms with Crippen LogP contribution in [0.15, 0.2) is 30.3 Å². The van der Waals surface area contributed by atoms with Gasteiger partial charge in [0, 0.05) is 16.3 Å². The summed E-state index contributed by atoms with van der Waals surface area (Å²) in [6.45, 7) is 0. The van der Waals surface area contributed by atoms with Gasteiger partial charge >= 0.3 is 0 Å². The van der Waals surface area contributed by atoms with Gasteiger partial charge in [0.25, 0.3) is 0 Å². The van der Waals surface area contributed by atoms with Crippen LogP contribution in [0.5, 0.6) is 0 Å². The van der Waals surface area contributed by atoms with E-state index in [0.29, 0.717) is 21.5 Å². The summed E-state index contributed by atoms with van der Waals surface area (Å²) in [7, 11) is 0. The highest BCUT2D eigenvalue weighted by Gasteiger charge is 2.19. The first-order valence-electron chi connectivity index (χ1n) is 5.62. The minimum Gasteiger partial charge on any atom is -0.326 e. The van der Waals surface area contributed by atoms with Crippen molar-refractivity contribution in [3.63, 3.8) is 0 Å². The Bertz CT molecular complexity index is 674. The van der Waals surface area contributed by atoms with E-state index in [2.05, 4.69) is 5.32 Å². The molecule has 0 aromatic heterocycles. The van der Waals surface area contributed by atoms with Crippen LogP contribution >= 0.6 is 34.8 Å². The highest BCUT2D eigenvalue weighted by Crippen LogP contribution is 2.39. The van der Waals surface area contributed by atoms with Gasteiger partial charge in [0.15, 0.2) is 0 Å². The zero-order valence-electron chi connectivity index (χ0n) is 9.64. The average Bonchev–Trinajstić information content (AvgIpc) is 2.67. The normalized spacial score (nSPS) is 13.3. The molecule has 2 aromatic rings. The molecule has 0 saturated carbocycles. The van der Waals surface area contributed by atoms with Gasteiger partial charge in [0.05, 0.1) is 16.5 Å². The van der Waals surface area contributed by atoms with Crippen LogP contribution in [0.25, 0.3) is 11.1 Å². The molecule has 2 nitrogen and oxygen atoms in total. The van der Waals surface area contributed by atoms with Gasteiger partial charge in [-0.05, 0) is 35.4 Å². The fraction of sp³-hybridized carbons (Fsp3) is 0.0714. The predicted molar refractivity (Wildman–Crippen MR) is 79.2 cm³/mol. The molecule has 0 aliphatic carbocycles. The smallest absolute Gasteiger partial charge is 0.228 e. The molecule has 0 bridgehead atoms. The molecule has 1 aliphatic rings. The van der Waals surface area contributed by atoms with Crippen molar-refractivity contribution in [3.8, 4) is 11.1 Å². The lowest BCUT2D eigenvalue weighted by Gasteiger charge is -2.09. The molecule has 1 N–H and O–H groups in total. The van der Waals surface area contributed by atoms with Gasteiger partial charge in [-0.1, -0.05) is 40.9 Å². The Balaban J connectivity index is 2.14. The Hall–Kier alpha value is -1.22. The Morgan fingerprint density at radius 1 is 1.00 bits per heavy atom. The van der Waals surface area contributed by atoms with E-state index in [9.17, 15) is 4.79 Å². The van der Waals surface area contributed by atoms with Crippen molar-refractivity contribution in [1.82, 2.24) is 0 Å². The van der Waals surface area contributed by atoms with Crippen LogP contribution < -0.4 is 5.32 Å². The van der Waals surface area contributed by atoms with E-state index in [4.69, 9.17) is 34.8 Å². The number of hydrogen-bond acceptors (Lipinski definition) is 1. The van der Waals surface area contributed by atoms with Crippen molar-refractivity contribution in [2.45, 2.75) is 6.42 Å². The van der Waals surface area contributed by atoms with Gasteiger partial charge in [-0.3, -0.25) is 4.79 Å². The highest BCUT2D eigenvalue weighted by atomic mass is 35.5. The third-order valence-electron chi connectivity index (χ3n) is 3.03. The minimum absolute atomic E-state index is 0.000417. The van der Waals surface area contributed by atoms with Crippen LogP contribution in [-0.4, -0.2) is 5.91 Å². The van der Waals surface area contributed by atoms with E-state index in [1.165, 1.54) is 0 Å². The fourth-order valence-electron chi connectivity index (χ4n) is 2.20. The quantitative estimate of drug-likeness (QED) is 0.804. The lowest BCUT2D eigenvalue weighted by atomic mass is 10.0. The molecule has 1 aliphatic heterocycles. The van der Waals surface area contributed by atoms with Crippen LogP contribution in [0.4, 0.5) is 5.69 Å². The molecule has 0 saturated heterocycles. The van der Waals surface area contributed by atoms with Crippen molar-refractivity contribution in [2.24, 2.45) is 0 Å². The standard InChI is InChI=1S/C14H8Cl3NO/c15-9-5-10(16)14(11(17)6-9)7-1-2-12-8(3-7)4-13(19)18-12/h1-3,5-6H,4H2,(H,18,19). The Kier molecular flexibility index (Phi) is 3.17. The van der Waals surface area contributed by atoms with Crippen molar-refractivity contribution < 1.29 is 4.79 Å². The summed E-state index contributed by atoms with van der Waals surface area (Å²) in [6, 6.07) is 8.97. The summed E-state index contributed by atoms with van der Waals surface area (Å²) >= 11 is 18.3. The van der Waals surface area contributed by atoms with E-state index in [0.717, 1.165) is 22.4 Å².